The van der Waals surface area contributed by atoms with Crippen molar-refractivity contribution in [3.05, 3.63) is 76.6 Å². The minimum absolute atomic E-state index is 0.0581. The molecule has 1 aromatic carbocycles. The van der Waals surface area contributed by atoms with E-state index in [2.05, 4.69) is 10.6 Å². The highest BCUT2D eigenvalue weighted by Gasteiger charge is 2.25. The van der Waals surface area contributed by atoms with Crippen molar-refractivity contribution in [2.75, 3.05) is 46.1 Å². The number of hydrogen-bond donors (Lipinski definition) is 3. The molecule has 3 amide bonds. The predicted octanol–water partition coefficient (Wildman–Crippen LogP) is 2.71. The third-order valence-electron chi connectivity index (χ3n) is 6.81. The van der Waals surface area contributed by atoms with Gasteiger partial charge in [-0.05, 0) is 62.4 Å². The lowest BCUT2D eigenvalue weighted by Gasteiger charge is -2.24. The number of anilines is 1. The monoisotopic (exact) mass is 568 g/mol. The van der Waals surface area contributed by atoms with Crippen LogP contribution in [0.1, 0.15) is 18.5 Å². The second-order valence-corrected chi connectivity index (χ2v) is 9.98. The molecule has 0 saturated heterocycles. The molecule has 220 valence electrons. The van der Waals surface area contributed by atoms with E-state index < -0.39 is 23.5 Å². The standard InChI is InChI=1S/C29H37FN6O5/c1-31-13-15-36(29(40)41)18-20(8-5-6-10-26(37)33(2)3)27(38)32-24-9-7-14-35(28(24)39)19-23-17-21-16-22(30)11-12-25(21)34(23)4/h6-7,9-12,14,16-17,20,31H,5,8,13,15,18-19H2,1-4H3,(H,32,38)(H,40,41)/b10-6+/t20-/m0/s1. The predicted molar refractivity (Wildman–Crippen MR) is 155 cm³/mol. The van der Waals surface area contributed by atoms with Gasteiger partial charge in [0, 0.05) is 63.6 Å². The number of amides is 3. The van der Waals surface area contributed by atoms with E-state index in [1.165, 1.54) is 33.7 Å². The summed E-state index contributed by atoms with van der Waals surface area (Å²) in [5, 5.41) is 16.0. The van der Waals surface area contributed by atoms with Gasteiger partial charge in [0.2, 0.25) is 11.8 Å². The van der Waals surface area contributed by atoms with E-state index in [1.54, 1.807) is 45.5 Å². The zero-order valence-corrected chi connectivity index (χ0v) is 23.8. The fourth-order valence-electron chi connectivity index (χ4n) is 4.41. The number of rotatable bonds is 13. The summed E-state index contributed by atoms with van der Waals surface area (Å²) in [6.07, 6.45) is 4.12. The molecular formula is C29H37FN6O5. The lowest BCUT2D eigenvalue weighted by Crippen LogP contribution is -2.42. The lowest BCUT2D eigenvalue weighted by molar-refractivity contribution is -0.123. The van der Waals surface area contributed by atoms with Gasteiger partial charge in [-0.15, -0.1) is 0 Å². The van der Waals surface area contributed by atoms with Crippen molar-refractivity contribution >= 4 is 34.5 Å². The first kappa shape index (κ1) is 31.1. The average Bonchev–Trinajstić information content (AvgIpc) is 3.23. The zero-order valence-electron chi connectivity index (χ0n) is 23.8. The molecule has 1 atom stereocenters. The third-order valence-corrected chi connectivity index (χ3v) is 6.81. The van der Waals surface area contributed by atoms with Gasteiger partial charge in [-0.2, -0.15) is 0 Å². The van der Waals surface area contributed by atoms with Crippen LogP contribution in [-0.2, 0) is 23.2 Å². The number of carbonyl (C=O) groups excluding carboxylic acids is 2. The molecule has 0 bridgehead atoms. The van der Waals surface area contributed by atoms with E-state index in [0.717, 1.165) is 16.1 Å². The molecule has 0 unspecified atom stereocenters. The molecule has 12 heteroatoms. The minimum Gasteiger partial charge on any atom is -0.465 e. The highest BCUT2D eigenvalue weighted by molar-refractivity contribution is 5.92. The van der Waals surface area contributed by atoms with E-state index in [1.807, 2.05) is 17.7 Å². The number of aryl methyl sites for hydroxylation is 1. The van der Waals surface area contributed by atoms with Gasteiger partial charge < -0.3 is 34.7 Å². The van der Waals surface area contributed by atoms with Gasteiger partial charge in [0.1, 0.15) is 11.5 Å². The molecule has 0 saturated carbocycles. The molecule has 0 aliphatic carbocycles. The quantitative estimate of drug-likeness (QED) is 0.272. The number of benzene rings is 1. The Morgan fingerprint density at radius 3 is 2.61 bits per heavy atom. The van der Waals surface area contributed by atoms with E-state index in [0.29, 0.717) is 18.4 Å². The molecule has 3 rings (SSSR count). The van der Waals surface area contributed by atoms with Crippen LogP contribution in [0.5, 0.6) is 0 Å². The molecule has 41 heavy (non-hydrogen) atoms. The average molecular weight is 569 g/mol. The van der Waals surface area contributed by atoms with Crippen LogP contribution in [0.4, 0.5) is 14.9 Å². The number of hydrogen-bond acceptors (Lipinski definition) is 5. The van der Waals surface area contributed by atoms with Crippen LogP contribution in [-0.4, -0.2) is 82.7 Å². The molecule has 3 aromatic rings. The highest BCUT2D eigenvalue weighted by atomic mass is 19.1. The Balaban J connectivity index is 1.81. The normalized spacial score (nSPS) is 12.0. The molecule has 11 nitrogen and oxygen atoms in total. The van der Waals surface area contributed by atoms with Crippen LogP contribution in [0.15, 0.2) is 59.5 Å². The summed E-state index contributed by atoms with van der Waals surface area (Å²) < 4.78 is 17.0. The smallest absolute Gasteiger partial charge is 0.407 e. The summed E-state index contributed by atoms with van der Waals surface area (Å²) in [6, 6.07) is 9.44. The summed E-state index contributed by atoms with van der Waals surface area (Å²) in [5.74, 6) is -1.82. The summed E-state index contributed by atoms with van der Waals surface area (Å²) >= 11 is 0. The second-order valence-electron chi connectivity index (χ2n) is 9.98. The molecule has 3 N–H and O–H groups in total. The Kier molecular flexibility index (Phi) is 10.8. The first-order valence-electron chi connectivity index (χ1n) is 13.3. The zero-order chi connectivity index (χ0) is 30.1. The number of carbonyl (C=O) groups is 3. The van der Waals surface area contributed by atoms with Crippen molar-refractivity contribution < 1.29 is 23.9 Å². The van der Waals surface area contributed by atoms with Gasteiger partial charge in [-0.1, -0.05) is 6.08 Å². The number of likely N-dealkylation sites (N-methyl/N-ethyl adjacent to an activating group) is 2. The Labute approximate surface area is 237 Å². The van der Waals surface area contributed by atoms with Gasteiger partial charge in [-0.3, -0.25) is 14.4 Å². The third kappa shape index (κ3) is 8.27. The fraction of sp³-hybridized carbons (Fsp3) is 0.379. The van der Waals surface area contributed by atoms with E-state index in [9.17, 15) is 28.7 Å². The maximum absolute atomic E-state index is 13.7. The number of nitrogens with zero attached hydrogens (tertiary/aromatic N) is 4. The number of allylic oxidation sites excluding steroid dienone is 1. The number of fused-ring (bicyclic) bond motifs is 1. The van der Waals surface area contributed by atoms with Gasteiger partial charge in [0.25, 0.3) is 5.56 Å². The molecule has 2 aromatic heterocycles. The Morgan fingerprint density at radius 2 is 1.93 bits per heavy atom. The molecule has 0 radical (unpaired) electrons. The van der Waals surface area contributed by atoms with Crippen LogP contribution >= 0.6 is 0 Å². The molecule has 0 aliphatic heterocycles. The number of carboxylic acid groups (broad SMARTS) is 1. The van der Waals surface area contributed by atoms with E-state index in [-0.39, 0.29) is 43.5 Å². The lowest BCUT2D eigenvalue weighted by atomic mass is 10.0. The van der Waals surface area contributed by atoms with Gasteiger partial charge >= 0.3 is 6.09 Å². The summed E-state index contributed by atoms with van der Waals surface area (Å²) in [6.45, 7) is 0.700. The first-order valence-corrected chi connectivity index (χ1v) is 13.3. The van der Waals surface area contributed by atoms with Crippen molar-refractivity contribution in [1.29, 1.82) is 0 Å². The van der Waals surface area contributed by atoms with Crippen LogP contribution in [0.2, 0.25) is 0 Å². The molecular weight excluding hydrogens is 531 g/mol. The van der Waals surface area contributed by atoms with Gasteiger partial charge in [-0.25, -0.2) is 9.18 Å². The van der Waals surface area contributed by atoms with Crippen LogP contribution < -0.4 is 16.2 Å². The summed E-state index contributed by atoms with van der Waals surface area (Å²) in [7, 11) is 6.79. The molecule has 0 spiro atoms. The van der Waals surface area contributed by atoms with Crippen LogP contribution in [0.3, 0.4) is 0 Å². The Morgan fingerprint density at radius 1 is 1.17 bits per heavy atom. The maximum atomic E-state index is 13.7. The number of aromatic nitrogens is 2. The number of pyridine rings is 1. The van der Waals surface area contributed by atoms with Crippen molar-refractivity contribution in [2.24, 2.45) is 13.0 Å². The second kappa shape index (κ2) is 14.3. The number of nitrogens with one attached hydrogen (secondary N) is 2. The maximum Gasteiger partial charge on any atom is 0.407 e. The molecule has 0 aliphatic rings. The fourth-order valence-corrected chi connectivity index (χ4v) is 4.41. The first-order chi connectivity index (χ1) is 19.5. The van der Waals surface area contributed by atoms with E-state index >= 15 is 0 Å². The Hall–Kier alpha value is -4.45. The summed E-state index contributed by atoms with van der Waals surface area (Å²) in [5.41, 5.74) is 1.22. The highest BCUT2D eigenvalue weighted by Crippen LogP contribution is 2.20. The largest absolute Gasteiger partial charge is 0.465 e. The van der Waals surface area contributed by atoms with Crippen molar-refractivity contribution in [3.63, 3.8) is 0 Å². The SMILES string of the molecule is CNCCN(C[C@H](CC/C=C/C(=O)N(C)C)C(=O)Nc1cccn(Cc2cc3cc(F)ccc3n2C)c1=O)C(=O)O. The van der Waals surface area contributed by atoms with Gasteiger partial charge in [0.15, 0.2) is 0 Å². The van der Waals surface area contributed by atoms with Crippen LogP contribution in [0, 0.1) is 11.7 Å². The van der Waals surface area contributed by atoms with Crippen molar-refractivity contribution in [2.45, 2.75) is 19.4 Å². The van der Waals surface area contributed by atoms with Gasteiger partial charge in [0.05, 0.1) is 12.5 Å². The summed E-state index contributed by atoms with van der Waals surface area (Å²) in [4.78, 5) is 52.9. The minimum atomic E-state index is -1.16. The Bertz CT molecular complexity index is 1480. The molecule has 0 fully saturated rings. The van der Waals surface area contributed by atoms with Crippen molar-refractivity contribution in [3.8, 4) is 0 Å². The van der Waals surface area contributed by atoms with E-state index in [4.69, 9.17) is 0 Å². The topological polar surface area (TPSA) is 129 Å². The molecule has 2 heterocycles. The van der Waals surface area contributed by atoms with Crippen molar-refractivity contribution in [1.82, 2.24) is 24.3 Å². The number of halogens is 1. The van der Waals surface area contributed by atoms with Crippen LogP contribution in [0.25, 0.3) is 10.9 Å².